The van der Waals surface area contributed by atoms with Crippen LogP contribution in [0.2, 0.25) is 0 Å². The second-order valence-electron chi connectivity index (χ2n) is 12.0. The first kappa shape index (κ1) is 29.0. The zero-order valence-electron chi connectivity index (χ0n) is 24.3. The number of hydrogen-bond donors (Lipinski definition) is 2. The van der Waals surface area contributed by atoms with Gasteiger partial charge in [-0.15, -0.1) is 4.59 Å². The quantitative estimate of drug-likeness (QED) is 0.383. The van der Waals surface area contributed by atoms with E-state index < -0.39 is 17.2 Å². The molecule has 10 nitrogen and oxygen atoms in total. The van der Waals surface area contributed by atoms with E-state index in [-0.39, 0.29) is 33.8 Å². The fraction of sp³-hybridized carbons (Fsp3) is 0.387. The average molecular weight is 591 g/mol. The highest BCUT2D eigenvalue weighted by atomic mass is 19.3. The highest BCUT2D eigenvalue weighted by Crippen LogP contribution is 2.40. The second-order valence-corrected chi connectivity index (χ2v) is 12.0. The number of nitrogens with one attached hydrogen (secondary N) is 1. The van der Waals surface area contributed by atoms with Crippen LogP contribution in [0, 0.1) is 11.3 Å². The van der Waals surface area contributed by atoms with Crippen molar-refractivity contribution in [3.63, 3.8) is 0 Å². The summed E-state index contributed by atoms with van der Waals surface area (Å²) in [6.07, 6.45) is 8.02. The third-order valence-corrected chi connectivity index (χ3v) is 8.62. The van der Waals surface area contributed by atoms with E-state index in [1.807, 2.05) is 11.8 Å². The van der Waals surface area contributed by atoms with E-state index in [0.29, 0.717) is 36.7 Å². The van der Waals surface area contributed by atoms with Crippen molar-refractivity contribution in [3.05, 3.63) is 83.1 Å². The smallest absolute Gasteiger partial charge is 0.270 e. The van der Waals surface area contributed by atoms with Crippen molar-refractivity contribution < 1.29 is 27.7 Å². The number of alkyl halides is 2. The lowest BCUT2D eigenvalue weighted by Crippen LogP contribution is -2.57. The molecule has 0 radical (unpaired) electrons. The Bertz CT molecular complexity index is 1590. The van der Waals surface area contributed by atoms with Crippen LogP contribution in [-0.4, -0.2) is 64.1 Å². The maximum absolute atomic E-state index is 13.7. The van der Waals surface area contributed by atoms with Crippen LogP contribution in [0.5, 0.6) is 0 Å². The molecule has 5 heterocycles. The molecule has 0 bridgehead atoms. The third-order valence-electron chi connectivity index (χ3n) is 8.62. The second kappa shape index (κ2) is 10.5. The number of anilines is 1. The molecule has 4 aliphatic heterocycles. The van der Waals surface area contributed by atoms with Gasteiger partial charge in [0.05, 0.1) is 36.6 Å². The van der Waals surface area contributed by atoms with E-state index >= 15 is 0 Å². The highest BCUT2D eigenvalue weighted by Gasteiger charge is 2.49. The Morgan fingerprint density at radius 1 is 1.19 bits per heavy atom. The van der Waals surface area contributed by atoms with Gasteiger partial charge in [-0.3, -0.25) is 14.6 Å². The van der Waals surface area contributed by atoms with E-state index in [1.54, 1.807) is 42.9 Å². The van der Waals surface area contributed by atoms with Gasteiger partial charge in [0.2, 0.25) is 11.6 Å². The summed E-state index contributed by atoms with van der Waals surface area (Å²) < 4.78 is 32.6. The number of pyridine rings is 1. The number of ether oxygens (including phenoxy) is 1. The molecule has 3 atom stereocenters. The normalized spacial score (nSPS) is 26.1. The maximum atomic E-state index is 13.7. The number of nitrogens with two attached hydrogens (primary N) is 1. The number of carbonyl (C=O) groups is 2. The van der Waals surface area contributed by atoms with E-state index in [1.165, 1.54) is 12.3 Å². The van der Waals surface area contributed by atoms with Crippen LogP contribution < -0.4 is 11.2 Å². The van der Waals surface area contributed by atoms with Crippen LogP contribution in [0.1, 0.15) is 55.1 Å². The van der Waals surface area contributed by atoms with Crippen LogP contribution in [0.15, 0.2) is 76.4 Å². The summed E-state index contributed by atoms with van der Waals surface area (Å²) in [4.78, 5) is 41.6. The fourth-order valence-corrected chi connectivity index (χ4v) is 5.93. The number of amidine groups is 1. The molecule has 0 spiro atoms. The van der Waals surface area contributed by atoms with Crippen LogP contribution in [0.25, 0.3) is 0 Å². The number of hydrogen-bond acceptors (Lipinski definition) is 7. The van der Waals surface area contributed by atoms with Crippen molar-refractivity contribution >= 4 is 29.7 Å². The summed E-state index contributed by atoms with van der Waals surface area (Å²) in [6.45, 7) is 6.21. The molecule has 0 aliphatic carbocycles. The number of halogens is 2. The summed E-state index contributed by atoms with van der Waals surface area (Å²) in [6, 6.07) is 9.23. The molecular weight excluding hydrogens is 556 g/mol. The first-order chi connectivity index (χ1) is 20.4. The van der Waals surface area contributed by atoms with Gasteiger partial charge < -0.3 is 15.0 Å². The zero-order chi connectivity index (χ0) is 30.6. The Morgan fingerprint density at radius 3 is 2.60 bits per heavy atom. The van der Waals surface area contributed by atoms with Crippen LogP contribution in [-0.2, 0) is 15.5 Å². The number of fused-ring (bicyclic) bond motifs is 1. The Labute approximate surface area is 248 Å². The van der Waals surface area contributed by atoms with E-state index in [4.69, 9.17) is 15.6 Å². The highest BCUT2D eigenvalue weighted by molar-refractivity contribution is 6.05. The fourth-order valence-electron chi connectivity index (χ4n) is 5.93. The SMILES string of the molecule is C[C@H]1CC[C@@H](C2=C3C=NC=C[N+]3(N)C(c3ccc(C(=O)Nc4cc(C(C)(F)F)ccn4)cc3)=N2)CN1C(=O)C1(C)COC1. The average Bonchev–Trinajstić information content (AvgIpc) is 3.28. The Hall–Kier alpha value is -4.13. The lowest BCUT2D eigenvalue weighted by atomic mass is 9.83. The topological polar surface area (TPSA) is 122 Å². The van der Waals surface area contributed by atoms with Gasteiger partial charge in [-0.05, 0) is 63.1 Å². The molecule has 1 unspecified atom stereocenters. The van der Waals surface area contributed by atoms with Crippen molar-refractivity contribution in [2.45, 2.75) is 45.6 Å². The minimum atomic E-state index is -3.06. The van der Waals surface area contributed by atoms with E-state index in [2.05, 4.69) is 22.2 Å². The van der Waals surface area contributed by atoms with Crippen LogP contribution in [0.4, 0.5) is 14.6 Å². The van der Waals surface area contributed by atoms with E-state index in [0.717, 1.165) is 37.2 Å². The molecule has 2 fully saturated rings. The molecule has 2 amide bonds. The summed E-state index contributed by atoms with van der Waals surface area (Å²) in [5, 5.41) is 2.58. The number of rotatable bonds is 6. The monoisotopic (exact) mass is 590 g/mol. The number of aliphatic imine (C=N–C) groups is 2. The molecule has 6 rings (SSSR count). The number of benzene rings is 1. The zero-order valence-corrected chi connectivity index (χ0v) is 24.3. The molecular formula is C31H34F2N7O3+. The number of allylic oxidation sites excluding steroid dienone is 1. The Morgan fingerprint density at radius 2 is 1.93 bits per heavy atom. The maximum Gasteiger partial charge on any atom is 0.270 e. The van der Waals surface area contributed by atoms with Crippen molar-refractivity contribution in [3.8, 4) is 0 Å². The number of amides is 2. The Balaban J connectivity index is 1.24. The van der Waals surface area contributed by atoms with Crippen molar-refractivity contribution in [2.75, 3.05) is 25.1 Å². The predicted molar refractivity (Wildman–Crippen MR) is 157 cm³/mol. The summed E-state index contributed by atoms with van der Waals surface area (Å²) in [5.41, 5.74) is 1.82. The minimum Gasteiger partial charge on any atom is -0.379 e. The van der Waals surface area contributed by atoms with Gasteiger partial charge in [0.1, 0.15) is 17.7 Å². The van der Waals surface area contributed by atoms with Crippen molar-refractivity contribution in [1.82, 2.24) is 9.88 Å². The lowest BCUT2D eigenvalue weighted by Gasteiger charge is -2.45. The number of likely N-dealkylation sites (tertiary alicyclic amines) is 1. The van der Waals surface area contributed by atoms with Gasteiger partial charge in [0, 0.05) is 42.8 Å². The molecule has 2 saturated heterocycles. The molecule has 2 aromatic rings. The van der Waals surface area contributed by atoms with Crippen LogP contribution in [0.3, 0.4) is 0 Å². The molecule has 3 N–H and O–H groups in total. The minimum absolute atomic E-state index is 0.0277. The lowest BCUT2D eigenvalue weighted by molar-refractivity contribution is -0.750. The number of piperidine rings is 1. The molecule has 43 heavy (non-hydrogen) atoms. The first-order valence-corrected chi connectivity index (χ1v) is 14.3. The first-order valence-electron chi connectivity index (χ1n) is 14.3. The third kappa shape index (κ3) is 5.19. The van der Waals surface area contributed by atoms with Gasteiger partial charge in [-0.1, -0.05) is 0 Å². The number of aromatic nitrogens is 1. The largest absolute Gasteiger partial charge is 0.379 e. The van der Waals surface area contributed by atoms with Gasteiger partial charge in [0.15, 0.2) is 0 Å². The van der Waals surface area contributed by atoms with Gasteiger partial charge in [0.25, 0.3) is 17.7 Å². The molecule has 224 valence electrons. The van der Waals surface area contributed by atoms with Crippen molar-refractivity contribution in [1.29, 1.82) is 0 Å². The van der Waals surface area contributed by atoms with Crippen molar-refractivity contribution in [2.24, 2.45) is 27.2 Å². The van der Waals surface area contributed by atoms with Gasteiger partial charge in [-0.25, -0.2) is 13.8 Å². The van der Waals surface area contributed by atoms with Crippen LogP contribution >= 0.6 is 0 Å². The molecule has 1 aromatic carbocycles. The standard InChI is InChI=1S/C31H33F2N7O3/c1-19-4-5-22(16-39(19)29(42)30(2)17-43-18-30)26-24-15-35-12-13-40(24,34)27(38-26)20-6-8-21(9-7-20)28(41)37-25-14-23(10-11-36-25)31(3,32)33/h6-15,19,22H,4-5,16-18,34H2,1-3H3/p+1/t19-,22+,40?/m0/s1. The summed E-state index contributed by atoms with van der Waals surface area (Å²) in [7, 11) is 0. The summed E-state index contributed by atoms with van der Waals surface area (Å²) >= 11 is 0. The Kier molecular flexibility index (Phi) is 7.10. The number of carbonyl (C=O) groups excluding carboxylic acids is 2. The number of quaternary nitrogens is 1. The predicted octanol–water partition coefficient (Wildman–Crippen LogP) is 4.33. The van der Waals surface area contributed by atoms with E-state index in [9.17, 15) is 18.4 Å². The molecule has 4 aliphatic rings. The van der Waals surface area contributed by atoms with Gasteiger partial charge >= 0.3 is 0 Å². The molecule has 0 saturated carbocycles. The molecule has 1 aromatic heterocycles. The molecule has 12 heteroatoms. The summed E-state index contributed by atoms with van der Waals surface area (Å²) in [5.74, 6) is 4.06. The number of nitrogens with zero attached hydrogens (tertiary/aromatic N) is 5. The van der Waals surface area contributed by atoms with Gasteiger partial charge in [-0.2, -0.15) is 10.8 Å².